The van der Waals surface area contributed by atoms with Crippen molar-refractivity contribution < 1.29 is 0 Å². The first-order valence-electron chi connectivity index (χ1n) is 3.88. The summed E-state index contributed by atoms with van der Waals surface area (Å²) in [6, 6.07) is 7.82. The molecule has 3 heteroatoms. The monoisotopic (exact) mass is 230 g/mol. The summed E-state index contributed by atoms with van der Waals surface area (Å²) >= 11 is 11.7. The fraction of sp³-hybridized carbons (Fsp3) is 0.200. The highest BCUT2D eigenvalue weighted by atomic mass is 35.5. The Balaban J connectivity index is 2.46. The van der Waals surface area contributed by atoms with Crippen molar-refractivity contribution in [1.82, 2.24) is 0 Å². The fourth-order valence-electron chi connectivity index (χ4n) is 0.762. The average molecular weight is 231 g/mol. The molecule has 1 aromatic rings. The van der Waals surface area contributed by atoms with Gasteiger partial charge in [-0.2, -0.15) is 12.6 Å². The van der Waals surface area contributed by atoms with E-state index in [9.17, 15) is 0 Å². The summed E-state index contributed by atoms with van der Waals surface area (Å²) < 4.78 is 0. The maximum Gasteiger partial charge on any atom is 0.0406 e. The van der Waals surface area contributed by atoms with Crippen LogP contribution < -0.4 is 0 Å². The highest BCUT2D eigenvalue weighted by molar-refractivity contribution is 7.99. The maximum atomic E-state index is 5.76. The molecule has 70 valence electrons. The normalized spacial score (nSPS) is 10.0. The van der Waals surface area contributed by atoms with Gasteiger partial charge in [0.25, 0.3) is 0 Å². The number of hydrogen-bond acceptors (Lipinski definition) is 2. The number of thioether (sulfide) groups is 1. The second-order valence-corrected chi connectivity index (χ2v) is 4.45. The fourth-order valence-corrected chi connectivity index (χ4v) is 1.95. The molecule has 0 spiro atoms. The van der Waals surface area contributed by atoms with Crippen molar-refractivity contribution in [1.29, 1.82) is 0 Å². The summed E-state index contributed by atoms with van der Waals surface area (Å²) in [5.74, 6) is 1.67. The lowest BCUT2D eigenvalue weighted by Crippen LogP contribution is -1.85. The summed E-state index contributed by atoms with van der Waals surface area (Å²) in [5, 5.41) is 0.775. The average Bonchev–Trinajstić information content (AvgIpc) is 2.16. The van der Waals surface area contributed by atoms with Gasteiger partial charge in [-0.15, -0.1) is 11.8 Å². The predicted molar refractivity (Wildman–Crippen MR) is 65.2 cm³/mol. The topological polar surface area (TPSA) is 0 Å². The van der Waals surface area contributed by atoms with Crippen LogP contribution in [0.4, 0.5) is 0 Å². The molecule has 0 N–H and O–H groups in total. The van der Waals surface area contributed by atoms with Crippen LogP contribution in [0.2, 0.25) is 5.02 Å². The second-order valence-electron chi connectivity index (χ2n) is 2.65. The molecule has 0 aliphatic rings. The van der Waals surface area contributed by atoms with E-state index in [1.807, 2.05) is 24.3 Å². The first-order valence-corrected chi connectivity index (χ1v) is 5.88. The summed E-state index contributed by atoms with van der Waals surface area (Å²) in [7, 11) is 0. The molecule has 0 nitrogen and oxygen atoms in total. The van der Waals surface area contributed by atoms with Crippen molar-refractivity contribution in [3.8, 4) is 0 Å². The van der Waals surface area contributed by atoms with E-state index in [1.54, 1.807) is 11.8 Å². The van der Waals surface area contributed by atoms with Crippen LogP contribution in [-0.2, 0) is 0 Å². The van der Waals surface area contributed by atoms with E-state index < -0.39 is 0 Å². The Hall–Kier alpha value is -0.0500. The molecular formula is C10H11ClS2. The zero-order valence-corrected chi connectivity index (χ0v) is 9.63. The quantitative estimate of drug-likeness (QED) is 0.465. The number of thiol groups is 1. The van der Waals surface area contributed by atoms with Crippen LogP contribution in [0, 0.1) is 0 Å². The first-order chi connectivity index (χ1) is 6.22. The van der Waals surface area contributed by atoms with Gasteiger partial charge in [0, 0.05) is 21.4 Å². The van der Waals surface area contributed by atoms with Crippen LogP contribution in [-0.4, -0.2) is 11.5 Å². The first kappa shape index (κ1) is 11.0. The Morgan fingerprint density at radius 1 is 1.38 bits per heavy atom. The minimum atomic E-state index is 0.751. The Kier molecular flexibility index (Phi) is 4.78. The van der Waals surface area contributed by atoms with Crippen molar-refractivity contribution in [3.05, 3.63) is 41.4 Å². The molecule has 0 aliphatic heterocycles. The van der Waals surface area contributed by atoms with E-state index in [0.29, 0.717) is 0 Å². The molecule has 0 saturated heterocycles. The van der Waals surface area contributed by atoms with Gasteiger partial charge in [-0.1, -0.05) is 23.8 Å². The highest BCUT2D eigenvalue weighted by Gasteiger charge is 1.95. The second kappa shape index (κ2) is 5.63. The molecule has 0 aromatic heterocycles. The summed E-state index contributed by atoms with van der Waals surface area (Å²) in [5.41, 5.74) is 1.14. The van der Waals surface area contributed by atoms with Crippen LogP contribution in [0.3, 0.4) is 0 Å². The van der Waals surface area contributed by atoms with Gasteiger partial charge in [0.2, 0.25) is 0 Å². The lowest BCUT2D eigenvalue weighted by molar-refractivity contribution is 1.42. The zero-order chi connectivity index (χ0) is 9.68. The molecular weight excluding hydrogens is 220 g/mol. The third-order valence-electron chi connectivity index (χ3n) is 1.48. The van der Waals surface area contributed by atoms with Crippen LogP contribution >= 0.6 is 36.0 Å². The number of halogens is 1. The number of hydrogen-bond donors (Lipinski definition) is 1. The van der Waals surface area contributed by atoms with Crippen molar-refractivity contribution in [2.24, 2.45) is 0 Å². The molecule has 0 radical (unpaired) electrons. The maximum absolute atomic E-state index is 5.76. The minimum absolute atomic E-state index is 0.751. The van der Waals surface area contributed by atoms with Gasteiger partial charge in [0.1, 0.15) is 0 Å². The van der Waals surface area contributed by atoms with Gasteiger partial charge in [0.15, 0.2) is 0 Å². The number of benzene rings is 1. The van der Waals surface area contributed by atoms with Crippen molar-refractivity contribution in [3.63, 3.8) is 0 Å². The zero-order valence-electron chi connectivity index (χ0n) is 7.16. The smallest absolute Gasteiger partial charge is 0.0406 e. The third kappa shape index (κ3) is 4.12. The summed E-state index contributed by atoms with van der Waals surface area (Å²) in [6.07, 6.45) is 0. The van der Waals surface area contributed by atoms with Gasteiger partial charge in [-0.25, -0.2) is 0 Å². The molecule has 0 aliphatic carbocycles. The van der Waals surface area contributed by atoms with E-state index in [2.05, 4.69) is 19.2 Å². The Bertz CT molecular complexity index is 279. The highest BCUT2D eigenvalue weighted by Crippen LogP contribution is 2.22. The minimum Gasteiger partial charge on any atom is -0.175 e. The standard InChI is InChI=1S/C10H11ClS2/c1-8(6-12)7-13-10-4-2-9(11)3-5-10/h2-5,12H,1,6-7H2. The largest absolute Gasteiger partial charge is 0.175 e. The third-order valence-corrected chi connectivity index (χ3v) is 3.34. The molecule has 0 saturated carbocycles. The van der Waals surface area contributed by atoms with E-state index >= 15 is 0 Å². The number of rotatable bonds is 4. The lowest BCUT2D eigenvalue weighted by Gasteiger charge is -2.02. The van der Waals surface area contributed by atoms with Gasteiger partial charge >= 0.3 is 0 Å². The van der Waals surface area contributed by atoms with Gasteiger partial charge in [-0.05, 0) is 24.3 Å². The Labute approximate surface area is 93.8 Å². The van der Waals surface area contributed by atoms with Gasteiger partial charge in [-0.3, -0.25) is 0 Å². The van der Waals surface area contributed by atoms with E-state index in [1.165, 1.54) is 4.90 Å². The molecule has 0 fully saturated rings. The summed E-state index contributed by atoms with van der Waals surface area (Å²) in [6.45, 7) is 3.88. The van der Waals surface area contributed by atoms with Crippen LogP contribution in [0.1, 0.15) is 0 Å². The van der Waals surface area contributed by atoms with Gasteiger partial charge < -0.3 is 0 Å². The van der Waals surface area contributed by atoms with E-state index in [4.69, 9.17) is 11.6 Å². The van der Waals surface area contributed by atoms with E-state index in [0.717, 1.165) is 22.1 Å². The molecule has 1 rings (SSSR count). The summed E-state index contributed by atoms with van der Waals surface area (Å²) in [4.78, 5) is 1.22. The van der Waals surface area contributed by atoms with Crippen LogP contribution in [0.15, 0.2) is 41.3 Å². The molecule has 0 bridgehead atoms. The van der Waals surface area contributed by atoms with E-state index in [-0.39, 0.29) is 0 Å². The lowest BCUT2D eigenvalue weighted by atomic mass is 10.4. The molecule has 0 amide bonds. The molecule has 1 aromatic carbocycles. The Morgan fingerprint density at radius 3 is 2.54 bits per heavy atom. The molecule has 13 heavy (non-hydrogen) atoms. The predicted octanol–water partition coefficient (Wildman–Crippen LogP) is 3.92. The molecule has 0 atom stereocenters. The Morgan fingerprint density at radius 2 is 2.00 bits per heavy atom. The van der Waals surface area contributed by atoms with Crippen molar-refractivity contribution in [2.45, 2.75) is 4.90 Å². The molecule has 0 heterocycles. The van der Waals surface area contributed by atoms with Crippen LogP contribution in [0.5, 0.6) is 0 Å². The molecule has 0 unspecified atom stereocenters. The van der Waals surface area contributed by atoms with Crippen LogP contribution in [0.25, 0.3) is 0 Å². The van der Waals surface area contributed by atoms with Gasteiger partial charge in [0.05, 0.1) is 0 Å². The van der Waals surface area contributed by atoms with Crippen molar-refractivity contribution >= 4 is 36.0 Å². The SMILES string of the molecule is C=C(CS)CSc1ccc(Cl)cc1. The van der Waals surface area contributed by atoms with Crippen molar-refractivity contribution in [2.75, 3.05) is 11.5 Å².